The van der Waals surface area contributed by atoms with Gasteiger partial charge in [0.15, 0.2) is 16.3 Å². The summed E-state index contributed by atoms with van der Waals surface area (Å²) in [6, 6.07) is 0. The Morgan fingerprint density at radius 3 is 2.48 bits per heavy atom. The van der Waals surface area contributed by atoms with Crippen LogP contribution in [0.1, 0.15) is 0 Å². The zero-order valence-electron chi connectivity index (χ0n) is 13.9. The lowest BCUT2D eigenvalue weighted by Gasteiger charge is -2.04. The Kier molecular flexibility index (Phi) is 4.16. The first-order valence-electron chi connectivity index (χ1n) is 7.08. The summed E-state index contributed by atoms with van der Waals surface area (Å²) in [7, 11) is 6.21. The van der Waals surface area contributed by atoms with Crippen LogP contribution in [0.15, 0.2) is 14.7 Å². The number of rotatable bonds is 4. The number of fused-ring (bicyclic) bond motifs is 1. The Morgan fingerprint density at radius 2 is 1.84 bits per heavy atom. The molecule has 3 heterocycles. The van der Waals surface area contributed by atoms with Gasteiger partial charge in [-0.1, -0.05) is 16.9 Å². The fourth-order valence-electron chi connectivity index (χ4n) is 2.25. The molecule has 0 fully saturated rings. The van der Waals surface area contributed by atoms with Crippen molar-refractivity contribution in [2.75, 3.05) is 11.1 Å². The molecule has 1 amide bonds. The number of thioether (sulfide) groups is 1. The van der Waals surface area contributed by atoms with Gasteiger partial charge in [0, 0.05) is 28.2 Å². The first-order chi connectivity index (χ1) is 11.8. The molecule has 3 aromatic rings. The van der Waals surface area contributed by atoms with Gasteiger partial charge >= 0.3 is 5.69 Å². The number of hydrogen-bond donors (Lipinski definition) is 1. The van der Waals surface area contributed by atoms with E-state index in [1.165, 1.54) is 16.3 Å². The Morgan fingerprint density at radius 1 is 1.12 bits per heavy atom. The van der Waals surface area contributed by atoms with Crippen molar-refractivity contribution in [1.29, 1.82) is 0 Å². The van der Waals surface area contributed by atoms with Gasteiger partial charge < -0.3 is 4.57 Å². The smallest absolute Gasteiger partial charge is 0.316 e. The Balaban J connectivity index is 1.86. The third-order valence-corrected chi connectivity index (χ3v) is 4.67. The second-order valence-corrected chi connectivity index (χ2v) is 6.24. The van der Waals surface area contributed by atoms with E-state index in [1.54, 1.807) is 25.7 Å². The molecule has 0 atom stereocenters. The van der Waals surface area contributed by atoms with Crippen molar-refractivity contribution < 1.29 is 4.79 Å². The highest BCUT2D eigenvalue weighted by atomic mass is 32.2. The number of nitrogens with one attached hydrogen (secondary N) is 1. The molecule has 12 nitrogen and oxygen atoms in total. The fourth-order valence-corrected chi connectivity index (χ4v) is 3.02. The zero-order valence-corrected chi connectivity index (χ0v) is 14.7. The van der Waals surface area contributed by atoms with E-state index in [0.717, 1.165) is 16.3 Å². The maximum atomic E-state index is 12.3. The second-order valence-electron chi connectivity index (χ2n) is 5.29. The third kappa shape index (κ3) is 2.82. The molecule has 3 rings (SSSR count). The summed E-state index contributed by atoms with van der Waals surface area (Å²) < 4.78 is 5.22. The predicted octanol–water partition coefficient (Wildman–Crippen LogP) is -1.77. The van der Waals surface area contributed by atoms with Crippen LogP contribution < -0.4 is 16.6 Å². The van der Waals surface area contributed by atoms with Crippen LogP contribution in [0.5, 0.6) is 0 Å². The van der Waals surface area contributed by atoms with Crippen molar-refractivity contribution in [3.8, 4) is 0 Å². The molecular weight excluding hydrogens is 350 g/mol. The first kappa shape index (κ1) is 16.9. The summed E-state index contributed by atoms with van der Waals surface area (Å²) in [5.74, 6) is -0.0539. The maximum Gasteiger partial charge on any atom is 0.332 e. The van der Waals surface area contributed by atoms with Gasteiger partial charge in [-0.25, -0.2) is 14.5 Å². The van der Waals surface area contributed by atoms with Crippen molar-refractivity contribution in [3.63, 3.8) is 0 Å². The molecule has 0 saturated heterocycles. The number of carbonyl (C=O) groups excluding carboxylic acids is 1. The van der Waals surface area contributed by atoms with Gasteiger partial charge in [-0.05, 0) is 10.4 Å². The summed E-state index contributed by atoms with van der Waals surface area (Å²) in [4.78, 5) is 40.6. The molecule has 0 unspecified atom stereocenters. The highest BCUT2D eigenvalue weighted by Gasteiger charge is 2.18. The van der Waals surface area contributed by atoms with Gasteiger partial charge in [-0.3, -0.25) is 24.0 Å². The van der Waals surface area contributed by atoms with Gasteiger partial charge in [-0.2, -0.15) is 0 Å². The van der Waals surface area contributed by atoms with Crippen LogP contribution in [-0.4, -0.2) is 50.6 Å². The van der Waals surface area contributed by atoms with Gasteiger partial charge in [-0.15, -0.1) is 0 Å². The molecule has 3 aromatic heterocycles. The monoisotopic (exact) mass is 365 g/mol. The van der Waals surface area contributed by atoms with Crippen LogP contribution in [0.2, 0.25) is 0 Å². The summed E-state index contributed by atoms with van der Waals surface area (Å²) in [5, 5.41) is 13.7. The first-order valence-corrected chi connectivity index (χ1v) is 8.07. The molecular formula is C12H15N9O3S. The van der Waals surface area contributed by atoms with E-state index in [1.807, 2.05) is 0 Å². The SMILES string of the molecule is Cn1nnnc1NC(=O)CSc1nc2c(c(=O)n(C)c(=O)n2C)n1C. The molecule has 13 heteroatoms. The lowest BCUT2D eigenvalue weighted by molar-refractivity contribution is -0.113. The number of aryl methyl sites for hydroxylation is 3. The van der Waals surface area contributed by atoms with Crippen molar-refractivity contribution >= 4 is 34.8 Å². The number of carbonyl (C=O) groups is 1. The van der Waals surface area contributed by atoms with Crippen LogP contribution in [-0.2, 0) is 33.0 Å². The van der Waals surface area contributed by atoms with Gasteiger partial charge in [0.1, 0.15) is 0 Å². The molecule has 0 aliphatic carbocycles. The average molecular weight is 365 g/mol. The summed E-state index contributed by atoms with van der Waals surface area (Å²) in [5.41, 5.74) is -0.324. The van der Waals surface area contributed by atoms with Crippen molar-refractivity contribution in [2.45, 2.75) is 5.16 Å². The Labute approximate surface area is 144 Å². The van der Waals surface area contributed by atoms with Gasteiger partial charge in [0.25, 0.3) is 5.56 Å². The van der Waals surface area contributed by atoms with E-state index in [0.29, 0.717) is 10.7 Å². The fraction of sp³-hybridized carbons (Fsp3) is 0.417. The standard InChI is InChI=1S/C12H15N9O3S/c1-18-7-8(19(2)12(24)20(3)9(7)23)14-11(18)25-5-6(22)13-10-15-16-17-21(10)4/h5H2,1-4H3,(H,13,15,17,22). The van der Waals surface area contributed by atoms with Crippen LogP contribution in [0, 0.1) is 0 Å². The summed E-state index contributed by atoms with van der Waals surface area (Å²) in [6.45, 7) is 0. The van der Waals surface area contributed by atoms with Crippen LogP contribution in [0.4, 0.5) is 5.95 Å². The maximum absolute atomic E-state index is 12.3. The number of nitrogens with zero attached hydrogens (tertiary/aromatic N) is 8. The molecule has 0 saturated carbocycles. The van der Waals surface area contributed by atoms with Gasteiger partial charge in [0.2, 0.25) is 11.9 Å². The van der Waals surface area contributed by atoms with E-state index in [9.17, 15) is 14.4 Å². The average Bonchev–Trinajstić information content (AvgIpc) is 3.13. The van der Waals surface area contributed by atoms with E-state index >= 15 is 0 Å². The van der Waals surface area contributed by atoms with E-state index in [2.05, 4.69) is 25.8 Å². The lowest BCUT2D eigenvalue weighted by atomic mass is 10.5. The normalized spacial score (nSPS) is 11.2. The van der Waals surface area contributed by atoms with Gasteiger partial charge in [0.05, 0.1) is 5.75 Å². The van der Waals surface area contributed by atoms with E-state index in [4.69, 9.17) is 0 Å². The number of anilines is 1. The van der Waals surface area contributed by atoms with Crippen molar-refractivity contribution in [1.82, 2.24) is 38.9 Å². The molecule has 0 aliphatic rings. The zero-order chi connectivity index (χ0) is 18.3. The highest BCUT2D eigenvalue weighted by molar-refractivity contribution is 7.99. The lowest BCUT2D eigenvalue weighted by Crippen LogP contribution is -2.37. The summed E-state index contributed by atoms with van der Waals surface area (Å²) in [6.07, 6.45) is 0. The number of tetrazole rings is 1. The molecule has 0 bridgehead atoms. The molecule has 0 spiro atoms. The minimum Gasteiger partial charge on any atom is -0.316 e. The van der Waals surface area contributed by atoms with E-state index < -0.39 is 11.2 Å². The predicted molar refractivity (Wildman–Crippen MR) is 89.3 cm³/mol. The number of amides is 1. The van der Waals surface area contributed by atoms with E-state index in [-0.39, 0.29) is 23.3 Å². The second kappa shape index (κ2) is 6.16. The molecule has 25 heavy (non-hydrogen) atoms. The molecule has 1 N–H and O–H groups in total. The Hall–Kier alpha value is -2.96. The summed E-state index contributed by atoms with van der Waals surface area (Å²) >= 11 is 1.14. The van der Waals surface area contributed by atoms with Crippen molar-refractivity contribution in [3.05, 3.63) is 20.8 Å². The van der Waals surface area contributed by atoms with Crippen LogP contribution >= 0.6 is 11.8 Å². The largest absolute Gasteiger partial charge is 0.332 e. The van der Waals surface area contributed by atoms with Crippen LogP contribution in [0.25, 0.3) is 11.2 Å². The Bertz CT molecular complexity index is 1090. The van der Waals surface area contributed by atoms with Crippen LogP contribution in [0.3, 0.4) is 0 Å². The van der Waals surface area contributed by atoms with Crippen molar-refractivity contribution in [2.24, 2.45) is 28.2 Å². The molecule has 0 radical (unpaired) electrons. The highest BCUT2D eigenvalue weighted by Crippen LogP contribution is 2.20. The molecule has 0 aliphatic heterocycles. The minimum atomic E-state index is -0.459. The quantitative estimate of drug-likeness (QED) is 0.537. The number of aromatic nitrogens is 8. The molecule has 0 aromatic carbocycles. The number of hydrogen-bond acceptors (Lipinski definition) is 8. The third-order valence-electron chi connectivity index (χ3n) is 3.64. The topological polar surface area (TPSA) is 135 Å². The number of imidazole rings is 1. The minimum absolute atomic E-state index is 0.0400. The molecule has 132 valence electrons.